The van der Waals surface area contributed by atoms with Gasteiger partial charge in [0.1, 0.15) is 17.9 Å². The predicted molar refractivity (Wildman–Crippen MR) is 73.3 cm³/mol. The first-order valence-corrected chi connectivity index (χ1v) is 6.83. The number of anilines is 1. The average Bonchev–Trinajstić information content (AvgIpc) is 2.34. The van der Waals surface area contributed by atoms with E-state index in [0.29, 0.717) is 16.6 Å². The van der Waals surface area contributed by atoms with E-state index in [1.54, 1.807) is 6.92 Å². The van der Waals surface area contributed by atoms with E-state index in [9.17, 15) is 14.0 Å². The van der Waals surface area contributed by atoms with Crippen molar-refractivity contribution in [3.05, 3.63) is 28.5 Å². The lowest BCUT2D eigenvalue weighted by atomic mass is 10.0. The number of piperazine rings is 1. The Kier molecular flexibility index (Phi) is 3.89. The lowest BCUT2D eigenvalue weighted by molar-refractivity contribution is -0.133. The van der Waals surface area contributed by atoms with Gasteiger partial charge in [-0.05, 0) is 47.5 Å². The van der Waals surface area contributed by atoms with Crippen LogP contribution in [-0.4, -0.2) is 23.9 Å². The maximum absolute atomic E-state index is 13.1. The number of amides is 2. The van der Waals surface area contributed by atoms with Crippen LogP contribution in [-0.2, 0) is 9.59 Å². The Balaban J connectivity index is 2.48. The van der Waals surface area contributed by atoms with E-state index in [1.165, 1.54) is 23.1 Å². The third-order valence-electron chi connectivity index (χ3n) is 3.14. The van der Waals surface area contributed by atoms with Crippen LogP contribution in [0, 0.1) is 5.82 Å². The molecule has 1 N–H and O–H groups in total. The lowest BCUT2D eigenvalue weighted by Gasteiger charge is -2.37. The third-order valence-corrected chi connectivity index (χ3v) is 3.77. The molecule has 1 heterocycles. The highest BCUT2D eigenvalue weighted by atomic mass is 79.9. The lowest BCUT2D eigenvalue weighted by Crippen LogP contribution is -2.62. The summed E-state index contributed by atoms with van der Waals surface area (Å²) in [5.74, 6) is -0.782. The van der Waals surface area contributed by atoms with Gasteiger partial charge in [-0.3, -0.25) is 14.5 Å². The normalized spacial score (nSPS) is 23.5. The summed E-state index contributed by atoms with van der Waals surface area (Å²) < 4.78 is 13.6. The van der Waals surface area contributed by atoms with Gasteiger partial charge in [-0.15, -0.1) is 0 Å². The Morgan fingerprint density at radius 3 is 2.68 bits per heavy atom. The Hall–Kier alpha value is -1.43. The molecule has 2 amide bonds. The van der Waals surface area contributed by atoms with Crippen LogP contribution in [0.25, 0.3) is 0 Å². The van der Waals surface area contributed by atoms with E-state index in [0.717, 1.165) is 0 Å². The zero-order valence-electron chi connectivity index (χ0n) is 10.6. The average molecular weight is 329 g/mol. The van der Waals surface area contributed by atoms with Crippen molar-refractivity contribution < 1.29 is 14.0 Å². The fourth-order valence-electron chi connectivity index (χ4n) is 2.18. The van der Waals surface area contributed by atoms with Gasteiger partial charge in [-0.25, -0.2) is 4.39 Å². The quantitative estimate of drug-likeness (QED) is 0.904. The van der Waals surface area contributed by atoms with Gasteiger partial charge in [0.15, 0.2) is 0 Å². The molecule has 1 saturated heterocycles. The SMILES string of the molecule is CCC1C(=O)NC(C)C(=O)N1c1ccc(F)cc1Br. The molecule has 1 aliphatic rings. The molecule has 19 heavy (non-hydrogen) atoms. The molecular formula is C13H14BrFN2O2. The van der Waals surface area contributed by atoms with Gasteiger partial charge in [0.2, 0.25) is 11.8 Å². The molecule has 1 aliphatic heterocycles. The van der Waals surface area contributed by atoms with Crippen molar-refractivity contribution in [1.29, 1.82) is 0 Å². The van der Waals surface area contributed by atoms with E-state index in [2.05, 4.69) is 21.2 Å². The second kappa shape index (κ2) is 5.28. The zero-order valence-corrected chi connectivity index (χ0v) is 12.2. The van der Waals surface area contributed by atoms with E-state index in [1.807, 2.05) is 6.92 Å². The van der Waals surface area contributed by atoms with Crippen LogP contribution in [0.2, 0.25) is 0 Å². The fourth-order valence-corrected chi connectivity index (χ4v) is 2.72. The van der Waals surface area contributed by atoms with Crippen LogP contribution in [0.5, 0.6) is 0 Å². The smallest absolute Gasteiger partial charge is 0.250 e. The van der Waals surface area contributed by atoms with Crippen LogP contribution in [0.3, 0.4) is 0 Å². The molecule has 0 aromatic heterocycles. The highest BCUT2D eigenvalue weighted by Crippen LogP contribution is 2.31. The summed E-state index contributed by atoms with van der Waals surface area (Å²) >= 11 is 3.24. The second-order valence-electron chi connectivity index (χ2n) is 4.46. The summed E-state index contributed by atoms with van der Waals surface area (Å²) in [6.07, 6.45) is 0.494. The number of halogens is 2. The van der Waals surface area contributed by atoms with Gasteiger partial charge in [0, 0.05) is 4.47 Å². The standard InChI is InChI=1S/C13H14BrFN2O2/c1-3-10-12(18)16-7(2)13(19)17(10)11-5-4-8(15)6-9(11)14/h4-7,10H,3H2,1-2H3,(H,16,18). The Bertz CT molecular complexity index is 535. The minimum Gasteiger partial charge on any atom is -0.343 e. The fraction of sp³-hybridized carbons (Fsp3) is 0.385. The Morgan fingerprint density at radius 1 is 1.42 bits per heavy atom. The van der Waals surface area contributed by atoms with Gasteiger partial charge < -0.3 is 5.32 Å². The zero-order chi connectivity index (χ0) is 14.2. The minimum atomic E-state index is -0.577. The van der Waals surface area contributed by atoms with E-state index in [-0.39, 0.29) is 11.8 Å². The van der Waals surface area contributed by atoms with Crippen molar-refractivity contribution in [3.63, 3.8) is 0 Å². The number of hydrogen-bond donors (Lipinski definition) is 1. The monoisotopic (exact) mass is 328 g/mol. The van der Waals surface area contributed by atoms with Gasteiger partial charge >= 0.3 is 0 Å². The summed E-state index contributed by atoms with van der Waals surface area (Å²) in [6, 6.07) is 2.92. The summed E-state index contributed by atoms with van der Waals surface area (Å²) in [4.78, 5) is 25.7. The van der Waals surface area contributed by atoms with Crippen molar-refractivity contribution in [1.82, 2.24) is 5.32 Å². The molecule has 0 bridgehead atoms. The van der Waals surface area contributed by atoms with Gasteiger partial charge in [-0.1, -0.05) is 6.92 Å². The van der Waals surface area contributed by atoms with Crippen molar-refractivity contribution in [2.24, 2.45) is 0 Å². The first-order chi connectivity index (χ1) is 8.95. The number of carbonyl (C=O) groups excluding carboxylic acids is 2. The van der Waals surface area contributed by atoms with Crippen LogP contribution < -0.4 is 10.2 Å². The summed E-state index contributed by atoms with van der Waals surface area (Å²) in [5.41, 5.74) is 0.514. The Labute approximate surface area is 119 Å². The minimum absolute atomic E-state index is 0.189. The number of nitrogens with zero attached hydrogens (tertiary/aromatic N) is 1. The topological polar surface area (TPSA) is 49.4 Å². The maximum Gasteiger partial charge on any atom is 0.250 e. The van der Waals surface area contributed by atoms with Crippen molar-refractivity contribution in [3.8, 4) is 0 Å². The second-order valence-corrected chi connectivity index (χ2v) is 5.31. The van der Waals surface area contributed by atoms with E-state index >= 15 is 0 Å². The number of nitrogens with one attached hydrogen (secondary N) is 1. The third kappa shape index (κ3) is 2.49. The first kappa shape index (κ1) is 14.0. The number of rotatable bonds is 2. The molecule has 6 heteroatoms. The molecule has 1 aromatic rings. The number of benzene rings is 1. The van der Waals surface area contributed by atoms with Gasteiger partial charge in [-0.2, -0.15) is 0 Å². The summed E-state index contributed by atoms with van der Waals surface area (Å²) in [5, 5.41) is 2.64. The van der Waals surface area contributed by atoms with Crippen molar-refractivity contribution in [2.45, 2.75) is 32.4 Å². The molecule has 2 atom stereocenters. The van der Waals surface area contributed by atoms with Crippen LogP contribution in [0.4, 0.5) is 10.1 Å². The van der Waals surface area contributed by atoms with E-state index in [4.69, 9.17) is 0 Å². The Morgan fingerprint density at radius 2 is 2.11 bits per heavy atom. The van der Waals surface area contributed by atoms with Crippen molar-refractivity contribution in [2.75, 3.05) is 4.90 Å². The molecule has 1 aromatic carbocycles. The molecule has 0 saturated carbocycles. The van der Waals surface area contributed by atoms with Crippen LogP contribution >= 0.6 is 15.9 Å². The van der Waals surface area contributed by atoms with Crippen LogP contribution in [0.1, 0.15) is 20.3 Å². The maximum atomic E-state index is 13.1. The van der Waals surface area contributed by atoms with Gasteiger partial charge in [0.05, 0.1) is 5.69 Å². The number of hydrogen-bond acceptors (Lipinski definition) is 2. The highest BCUT2D eigenvalue weighted by molar-refractivity contribution is 9.10. The van der Waals surface area contributed by atoms with Gasteiger partial charge in [0.25, 0.3) is 0 Å². The molecule has 0 spiro atoms. The molecule has 0 aliphatic carbocycles. The summed E-state index contributed by atoms with van der Waals surface area (Å²) in [7, 11) is 0. The number of carbonyl (C=O) groups is 2. The van der Waals surface area contributed by atoms with Crippen LogP contribution in [0.15, 0.2) is 22.7 Å². The van der Waals surface area contributed by atoms with Crippen molar-refractivity contribution >= 4 is 33.4 Å². The molecule has 1 fully saturated rings. The predicted octanol–water partition coefficient (Wildman–Crippen LogP) is 2.22. The highest BCUT2D eigenvalue weighted by Gasteiger charge is 2.39. The molecule has 2 rings (SSSR count). The van der Waals surface area contributed by atoms with E-state index < -0.39 is 17.9 Å². The molecular weight excluding hydrogens is 315 g/mol. The largest absolute Gasteiger partial charge is 0.343 e. The molecule has 2 unspecified atom stereocenters. The molecule has 102 valence electrons. The molecule has 0 radical (unpaired) electrons. The first-order valence-electron chi connectivity index (χ1n) is 6.04. The summed E-state index contributed by atoms with van der Waals surface area (Å²) in [6.45, 7) is 3.47. The molecule has 4 nitrogen and oxygen atoms in total.